The number of hydrogen-bond acceptors (Lipinski definition) is 5. The zero-order valence-corrected chi connectivity index (χ0v) is 24.2. The molecule has 1 aromatic rings. The summed E-state index contributed by atoms with van der Waals surface area (Å²) >= 11 is 0. The zero-order chi connectivity index (χ0) is 28.1. The summed E-state index contributed by atoms with van der Waals surface area (Å²) in [5.74, 6) is -0.932. The Kier molecular flexibility index (Phi) is 7.49. The van der Waals surface area contributed by atoms with Gasteiger partial charge in [0.25, 0.3) is 5.91 Å². The minimum Gasteiger partial charge on any atom is -0.394 e. The fourth-order valence-electron chi connectivity index (χ4n) is 7.44. The van der Waals surface area contributed by atoms with E-state index in [1.54, 1.807) is 33.9 Å². The van der Waals surface area contributed by atoms with E-state index in [2.05, 4.69) is 6.58 Å². The van der Waals surface area contributed by atoms with Crippen LogP contribution in [0.1, 0.15) is 51.0 Å². The highest BCUT2D eigenvalue weighted by Gasteiger charge is 2.67. The number of carbonyl (C=O) groups is 3. The predicted molar refractivity (Wildman–Crippen MR) is 150 cm³/mol. The molecule has 3 saturated heterocycles. The molecule has 4 heterocycles. The maximum Gasteiger partial charge on any atom is 0.264 e. The first-order valence-electron chi connectivity index (χ1n) is 14.2. The molecule has 4 aliphatic heterocycles. The third-order valence-electron chi connectivity index (χ3n) is 9.18. The van der Waals surface area contributed by atoms with E-state index in [1.807, 2.05) is 25.1 Å². The van der Waals surface area contributed by atoms with Gasteiger partial charge in [-0.15, -0.1) is 6.58 Å². The number of rotatable bonds is 7. The normalized spacial score (nSPS) is 30.9. The highest BCUT2D eigenvalue weighted by Crippen LogP contribution is 2.60. The van der Waals surface area contributed by atoms with Gasteiger partial charge >= 0.3 is 0 Å². The molecule has 0 unspecified atom stereocenters. The molecule has 1 spiro atoms. The van der Waals surface area contributed by atoms with Crippen molar-refractivity contribution in [3.63, 3.8) is 0 Å². The average Bonchev–Trinajstić information content (AvgIpc) is 3.55. The number of aliphatic hydroxyl groups is 1. The number of piperidine rings is 1. The fraction of sp³-hybridized carbons (Fsp3) is 0.621. The molecule has 5 rings (SSSR count). The first kappa shape index (κ1) is 28.0. The molecular weight excluding hydrogens is 517 g/mol. The largest absolute Gasteiger partial charge is 0.394 e. The molecule has 10 heteroatoms. The van der Waals surface area contributed by atoms with Gasteiger partial charge in [0, 0.05) is 48.8 Å². The van der Waals surface area contributed by atoms with Crippen molar-refractivity contribution in [3.8, 4) is 0 Å². The van der Waals surface area contributed by atoms with Crippen molar-refractivity contribution >= 4 is 37.5 Å². The zero-order valence-electron chi connectivity index (χ0n) is 23.2. The van der Waals surface area contributed by atoms with Crippen molar-refractivity contribution in [2.24, 2.45) is 5.92 Å². The van der Waals surface area contributed by atoms with Gasteiger partial charge in [0.1, 0.15) is 0 Å². The van der Waals surface area contributed by atoms with Gasteiger partial charge < -0.3 is 28.7 Å². The molecule has 39 heavy (non-hydrogen) atoms. The first-order chi connectivity index (χ1) is 18.5. The van der Waals surface area contributed by atoms with Crippen LogP contribution in [0.4, 0.5) is 15.5 Å². The summed E-state index contributed by atoms with van der Waals surface area (Å²) in [5.41, 5.74) is -0.0511. The molecule has 8 nitrogen and oxygen atoms in total. The highest BCUT2D eigenvalue weighted by molar-refractivity contribution is 6.72. The quantitative estimate of drug-likeness (QED) is 0.312. The molecule has 4 aliphatic rings. The molecule has 5 atom stereocenters. The molecule has 3 amide bonds. The van der Waals surface area contributed by atoms with Gasteiger partial charge in [-0.1, -0.05) is 13.0 Å². The minimum atomic E-state index is -3.42. The topological polar surface area (TPSA) is 90.4 Å². The van der Waals surface area contributed by atoms with Gasteiger partial charge in [0.05, 0.1) is 30.9 Å². The van der Waals surface area contributed by atoms with Crippen LogP contribution in [0.2, 0.25) is 18.6 Å². The molecule has 0 aliphatic carbocycles. The third kappa shape index (κ3) is 4.54. The van der Waals surface area contributed by atoms with Crippen molar-refractivity contribution in [2.45, 2.75) is 81.8 Å². The third-order valence-corrected chi connectivity index (χ3v) is 11.6. The Hall–Kier alpha value is -2.56. The van der Waals surface area contributed by atoms with Crippen LogP contribution in [0.5, 0.6) is 0 Å². The van der Waals surface area contributed by atoms with Gasteiger partial charge in [-0.3, -0.25) is 14.4 Å². The lowest BCUT2D eigenvalue weighted by molar-refractivity contribution is -0.149. The van der Waals surface area contributed by atoms with Crippen molar-refractivity contribution in [2.75, 3.05) is 36.0 Å². The Morgan fingerprint density at radius 3 is 2.69 bits per heavy atom. The summed E-state index contributed by atoms with van der Waals surface area (Å²) in [5, 5.41) is 9.75. The van der Waals surface area contributed by atoms with Crippen LogP contribution in [0.3, 0.4) is 0 Å². The van der Waals surface area contributed by atoms with Crippen molar-refractivity contribution < 1.29 is 28.3 Å². The van der Waals surface area contributed by atoms with Gasteiger partial charge in [-0.25, -0.2) is 0 Å². The standard InChI is InChI=1S/C29H40FN3O5Si/c1-5-13-33-23-12-11-20(31-14-7-6-10-25(31)35)16-22(23)29(28(33)37)19(2)27(39(3,4)30)24(38-29)17-26(36)32-15-8-9-21(32)18-34/h5,11-12,16,19,21,24,27,34H,1,6-10,13-15,17-18H2,2-4H3/t19-,21-,24+,27-,29+/m0/s1. The molecular formula is C29H40FN3O5Si. The molecule has 0 aromatic heterocycles. The summed E-state index contributed by atoms with van der Waals surface area (Å²) in [7, 11) is -3.42. The van der Waals surface area contributed by atoms with Crippen molar-refractivity contribution in [1.82, 2.24) is 4.90 Å². The number of likely N-dealkylation sites (tertiary alicyclic amines) is 1. The minimum absolute atomic E-state index is 0.0397. The Balaban J connectivity index is 1.57. The van der Waals surface area contributed by atoms with E-state index >= 15 is 4.11 Å². The molecule has 3 fully saturated rings. The van der Waals surface area contributed by atoms with Gasteiger partial charge in [0.15, 0.2) is 5.60 Å². The number of halogens is 1. The van der Waals surface area contributed by atoms with E-state index < -0.39 is 31.6 Å². The number of benzene rings is 1. The maximum absolute atomic E-state index is 16.1. The molecule has 0 radical (unpaired) electrons. The monoisotopic (exact) mass is 557 g/mol. The van der Waals surface area contributed by atoms with Crippen LogP contribution in [0, 0.1) is 5.92 Å². The summed E-state index contributed by atoms with van der Waals surface area (Å²) in [6, 6.07) is 5.34. The number of fused-ring (bicyclic) bond motifs is 2. The summed E-state index contributed by atoms with van der Waals surface area (Å²) < 4.78 is 22.8. The number of hydrogen-bond donors (Lipinski definition) is 1. The lowest BCUT2D eigenvalue weighted by atomic mass is 9.82. The number of carbonyl (C=O) groups excluding carboxylic acids is 3. The Labute approximate surface area is 231 Å². The van der Waals surface area contributed by atoms with Gasteiger partial charge in [0.2, 0.25) is 20.2 Å². The number of amides is 3. The smallest absolute Gasteiger partial charge is 0.264 e. The molecule has 0 bridgehead atoms. The summed E-state index contributed by atoms with van der Waals surface area (Å²) in [4.78, 5) is 45.4. The van der Waals surface area contributed by atoms with Crippen molar-refractivity contribution in [3.05, 3.63) is 36.4 Å². The van der Waals surface area contributed by atoms with E-state index in [9.17, 15) is 19.5 Å². The van der Waals surface area contributed by atoms with Crippen LogP contribution >= 0.6 is 0 Å². The first-order valence-corrected chi connectivity index (χ1v) is 17.1. The molecule has 1 N–H and O–H groups in total. The lowest BCUT2D eigenvalue weighted by Crippen LogP contribution is -2.45. The summed E-state index contributed by atoms with van der Waals surface area (Å²) in [6.45, 7) is 10.2. The molecule has 0 saturated carbocycles. The van der Waals surface area contributed by atoms with E-state index in [-0.39, 0.29) is 43.3 Å². The highest BCUT2D eigenvalue weighted by atomic mass is 28.4. The average molecular weight is 558 g/mol. The van der Waals surface area contributed by atoms with E-state index in [0.29, 0.717) is 36.4 Å². The van der Waals surface area contributed by atoms with Crippen LogP contribution in [0.25, 0.3) is 0 Å². The Bertz CT molecular complexity index is 1170. The van der Waals surface area contributed by atoms with Crippen LogP contribution < -0.4 is 9.80 Å². The maximum atomic E-state index is 16.1. The lowest BCUT2D eigenvalue weighted by Gasteiger charge is -2.32. The van der Waals surface area contributed by atoms with E-state index in [4.69, 9.17) is 4.74 Å². The van der Waals surface area contributed by atoms with Crippen LogP contribution in [0.15, 0.2) is 30.9 Å². The van der Waals surface area contributed by atoms with Gasteiger partial charge in [-0.05, 0) is 57.0 Å². The predicted octanol–water partition coefficient (Wildman–Crippen LogP) is 3.88. The van der Waals surface area contributed by atoms with Gasteiger partial charge in [-0.2, -0.15) is 0 Å². The number of aliphatic hydroxyl groups excluding tert-OH is 1. The SMILES string of the molecule is C=CCN1C(=O)[C@]2(O[C@H](CC(=O)N3CCC[C@H]3CO)[C@@H]([Si](C)(C)F)[C@@H]2C)c2cc(N3CCCCC3=O)ccc21. The van der Waals surface area contributed by atoms with Crippen LogP contribution in [-0.4, -0.2) is 74.5 Å². The van der Waals surface area contributed by atoms with E-state index in [1.165, 1.54) is 0 Å². The molecule has 212 valence electrons. The number of anilines is 2. The second-order valence-corrected chi connectivity index (χ2v) is 15.7. The second-order valence-electron chi connectivity index (χ2n) is 11.9. The second kappa shape index (κ2) is 10.4. The fourth-order valence-corrected chi connectivity index (χ4v) is 9.93. The Morgan fingerprint density at radius 2 is 2.03 bits per heavy atom. The van der Waals surface area contributed by atoms with Crippen molar-refractivity contribution in [1.29, 1.82) is 0 Å². The van der Waals surface area contributed by atoms with Crippen LogP contribution in [-0.2, 0) is 24.7 Å². The van der Waals surface area contributed by atoms with E-state index in [0.717, 1.165) is 25.7 Å². The molecule has 1 aromatic carbocycles. The summed E-state index contributed by atoms with van der Waals surface area (Å²) in [6.07, 6.45) is 4.63. The number of nitrogens with zero attached hydrogens (tertiary/aromatic N) is 3. The number of ether oxygens (including phenoxy) is 1. The Morgan fingerprint density at radius 1 is 1.26 bits per heavy atom.